The van der Waals surface area contributed by atoms with Gasteiger partial charge in [0.25, 0.3) is 5.56 Å². The van der Waals surface area contributed by atoms with E-state index in [1.807, 2.05) is 12.4 Å². The van der Waals surface area contributed by atoms with E-state index in [2.05, 4.69) is 55.1 Å². The highest BCUT2D eigenvalue weighted by molar-refractivity contribution is 5.86. The van der Waals surface area contributed by atoms with Crippen molar-refractivity contribution in [2.24, 2.45) is 0 Å². The van der Waals surface area contributed by atoms with Crippen LogP contribution < -0.4 is 10.9 Å². The lowest BCUT2D eigenvalue weighted by Crippen LogP contribution is -2.06. The third-order valence-electron chi connectivity index (χ3n) is 6.11. The first-order valence-electron chi connectivity index (χ1n) is 11.1. The summed E-state index contributed by atoms with van der Waals surface area (Å²) < 4.78 is 16.2. The number of aromatic amines is 1. The Morgan fingerprint density at radius 2 is 1.97 bits per heavy atom. The van der Waals surface area contributed by atoms with Crippen LogP contribution in [-0.4, -0.2) is 24.5 Å². The predicted octanol–water partition coefficient (Wildman–Crippen LogP) is 5.24. The number of aryl methyl sites for hydroxylation is 1. The molecule has 1 aliphatic rings. The summed E-state index contributed by atoms with van der Waals surface area (Å²) in [5, 5.41) is 3.73. The van der Waals surface area contributed by atoms with Crippen LogP contribution in [0.25, 0.3) is 27.8 Å². The number of fused-ring (bicyclic) bond motifs is 1. The largest absolute Gasteiger partial charge is 0.340 e. The van der Waals surface area contributed by atoms with Crippen LogP contribution in [0, 0.1) is 12.7 Å². The lowest BCUT2D eigenvalue weighted by Gasteiger charge is -2.11. The van der Waals surface area contributed by atoms with Gasteiger partial charge in [0, 0.05) is 46.8 Å². The van der Waals surface area contributed by atoms with Crippen molar-refractivity contribution in [2.45, 2.75) is 25.7 Å². The molecule has 0 radical (unpaired) electrons. The molecule has 168 valence electrons. The molecule has 34 heavy (non-hydrogen) atoms. The Hall–Kier alpha value is -4.33. The Balaban J connectivity index is 1.28. The number of aromatic nitrogens is 5. The SMILES string of the molecule is Cc1cc(-c2nccc(Nc3ccc4c(=O)[nH]cc(F)c4c3)n2)ccc1-n1cnc(C2CC2)c1. The van der Waals surface area contributed by atoms with Gasteiger partial charge in [0.15, 0.2) is 5.82 Å². The number of imidazole rings is 1. The molecule has 1 fully saturated rings. The molecule has 0 amide bonds. The molecule has 7 nitrogen and oxygen atoms in total. The molecule has 3 aromatic heterocycles. The Kier molecular flexibility index (Phi) is 4.72. The van der Waals surface area contributed by atoms with Crippen molar-refractivity contribution in [3.8, 4) is 17.1 Å². The van der Waals surface area contributed by atoms with Gasteiger partial charge in [-0.05, 0) is 67.8 Å². The smallest absolute Gasteiger partial charge is 0.256 e. The summed E-state index contributed by atoms with van der Waals surface area (Å²) in [6.45, 7) is 2.06. The van der Waals surface area contributed by atoms with E-state index in [-0.39, 0.29) is 10.9 Å². The lowest BCUT2D eigenvalue weighted by molar-refractivity contribution is 0.633. The Morgan fingerprint density at radius 3 is 2.79 bits per heavy atom. The van der Waals surface area contributed by atoms with Crippen LogP contribution in [0.3, 0.4) is 0 Å². The van der Waals surface area contributed by atoms with Crippen molar-refractivity contribution < 1.29 is 4.39 Å². The molecule has 3 heterocycles. The van der Waals surface area contributed by atoms with Crippen LogP contribution in [0.1, 0.15) is 30.0 Å². The number of hydrogen-bond acceptors (Lipinski definition) is 5. The van der Waals surface area contributed by atoms with E-state index in [0.29, 0.717) is 28.6 Å². The van der Waals surface area contributed by atoms with Crippen molar-refractivity contribution in [1.29, 1.82) is 0 Å². The van der Waals surface area contributed by atoms with Crippen molar-refractivity contribution in [1.82, 2.24) is 24.5 Å². The molecule has 1 aliphatic carbocycles. The summed E-state index contributed by atoms with van der Waals surface area (Å²) in [5.41, 5.74) is 4.51. The molecule has 2 N–H and O–H groups in total. The molecule has 0 saturated heterocycles. The number of pyridine rings is 1. The highest BCUT2D eigenvalue weighted by Gasteiger charge is 2.26. The van der Waals surface area contributed by atoms with Gasteiger partial charge in [-0.25, -0.2) is 19.3 Å². The highest BCUT2D eigenvalue weighted by Crippen LogP contribution is 2.39. The normalized spacial score (nSPS) is 13.4. The molecule has 5 aromatic rings. The number of nitrogens with one attached hydrogen (secondary N) is 2. The first-order valence-corrected chi connectivity index (χ1v) is 11.1. The van der Waals surface area contributed by atoms with Crippen LogP contribution in [0.15, 0.2) is 72.2 Å². The maximum absolute atomic E-state index is 14.2. The third kappa shape index (κ3) is 3.73. The second-order valence-electron chi connectivity index (χ2n) is 8.60. The number of hydrogen-bond donors (Lipinski definition) is 2. The van der Waals surface area contributed by atoms with Crippen LogP contribution in [0.5, 0.6) is 0 Å². The minimum absolute atomic E-state index is 0.249. The molecule has 1 saturated carbocycles. The van der Waals surface area contributed by atoms with E-state index in [1.165, 1.54) is 12.8 Å². The summed E-state index contributed by atoms with van der Waals surface area (Å²) in [6.07, 6.45) is 9.18. The Bertz CT molecular complexity index is 1600. The highest BCUT2D eigenvalue weighted by atomic mass is 19.1. The van der Waals surface area contributed by atoms with E-state index in [1.54, 1.807) is 30.5 Å². The van der Waals surface area contributed by atoms with Gasteiger partial charge < -0.3 is 14.9 Å². The van der Waals surface area contributed by atoms with Crippen molar-refractivity contribution in [3.63, 3.8) is 0 Å². The molecular formula is C26H21FN6O. The van der Waals surface area contributed by atoms with Crippen LogP contribution >= 0.6 is 0 Å². The van der Waals surface area contributed by atoms with Crippen molar-refractivity contribution in [3.05, 3.63) is 94.8 Å². The van der Waals surface area contributed by atoms with Gasteiger partial charge in [-0.3, -0.25) is 4.79 Å². The Morgan fingerprint density at radius 1 is 1.09 bits per heavy atom. The summed E-state index contributed by atoms with van der Waals surface area (Å²) in [7, 11) is 0. The van der Waals surface area contributed by atoms with Gasteiger partial charge >= 0.3 is 0 Å². The molecule has 2 aromatic carbocycles. The maximum atomic E-state index is 14.2. The van der Waals surface area contributed by atoms with Crippen LogP contribution in [0.4, 0.5) is 15.9 Å². The topological polar surface area (TPSA) is 88.5 Å². The number of H-pyrrole nitrogens is 1. The Labute approximate surface area is 194 Å². The fourth-order valence-corrected chi connectivity index (χ4v) is 4.16. The zero-order valence-corrected chi connectivity index (χ0v) is 18.4. The molecule has 0 atom stereocenters. The molecule has 0 spiro atoms. The summed E-state index contributed by atoms with van der Waals surface area (Å²) in [5.74, 6) is 1.27. The summed E-state index contributed by atoms with van der Waals surface area (Å²) >= 11 is 0. The van der Waals surface area contributed by atoms with E-state index >= 15 is 0 Å². The number of halogens is 1. The van der Waals surface area contributed by atoms with Gasteiger partial charge in [0.05, 0.1) is 17.4 Å². The second-order valence-corrected chi connectivity index (χ2v) is 8.60. The molecule has 8 heteroatoms. The number of anilines is 2. The first kappa shape index (κ1) is 20.3. The van der Waals surface area contributed by atoms with Crippen molar-refractivity contribution in [2.75, 3.05) is 5.32 Å². The standard InChI is InChI=1S/C26H21FN6O/c1-15-10-17(4-7-23(15)33-13-22(30-14-33)16-2-3-16)25-28-9-8-24(32-25)31-18-5-6-19-20(11-18)21(27)12-29-26(19)34/h4-14,16H,2-3H2,1H3,(H,29,34)(H,28,31,32). The van der Waals surface area contributed by atoms with E-state index in [9.17, 15) is 9.18 Å². The molecule has 6 rings (SSSR count). The zero-order valence-electron chi connectivity index (χ0n) is 18.4. The first-order chi connectivity index (χ1) is 16.5. The molecule has 0 bridgehead atoms. The second kappa shape index (κ2) is 7.91. The third-order valence-corrected chi connectivity index (χ3v) is 6.11. The number of benzene rings is 2. The van der Waals surface area contributed by atoms with Gasteiger partial charge in [-0.15, -0.1) is 0 Å². The van der Waals surface area contributed by atoms with E-state index < -0.39 is 5.82 Å². The molecule has 0 unspecified atom stereocenters. The van der Waals surface area contributed by atoms with Gasteiger partial charge in [0.1, 0.15) is 11.6 Å². The predicted molar refractivity (Wildman–Crippen MR) is 129 cm³/mol. The average Bonchev–Trinajstić information content (AvgIpc) is 3.59. The fourth-order valence-electron chi connectivity index (χ4n) is 4.16. The molecule has 0 aliphatic heterocycles. The van der Waals surface area contributed by atoms with Gasteiger partial charge in [-0.2, -0.15) is 0 Å². The zero-order chi connectivity index (χ0) is 23.2. The van der Waals surface area contributed by atoms with Crippen LogP contribution in [-0.2, 0) is 0 Å². The van der Waals surface area contributed by atoms with E-state index in [0.717, 1.165) is 28.7 Å². The monoisotopic (exact) mass is 452 g/mol. The quantitative estimate of drug-likeness (QED) is 0.381. The van der Waals surface area contributed by atoms with Crippen molar-refractivity contribution >= 4 is 22.3 Å². The van der Waals surface area contributed by atoms with Gasteiger partial charge in [-0.1, -0.05) is 0 Å². The summed E-state index contributed by atoms with van der Waals surface area (Å²) in [6, 6.07) is 12.8. The minimum atomic E-state index is -0.487. The fraction of sp³-hybridized carbons (Fsp3) is 0.154. The minimum Gasteiger partial charge on any atom is -0.340 e. The summed E-state index contributed by atoms with van der Waals surface area (Å²) in [4.78, 5) is 27.9. The van der Waals surface area contributed by atoms with Crippen LogP contribution in [0.2, 0.25) is 0 Å². The van der Waals surface area contributed by atoms with Gasteiger partial charge in [0.2, 0.25) is 0 Å². The number of rotatable bonds is 5. The number of nitrogens with zero attached hydrogens (tertiary/aromatic N) is 4. The lowest BCUT2D eigenvalue weighted by atomic mass is 10.1. The molecular weight excluding hydrogens is 431 g/mol. The average molecular weight is 452 g/mol. The van der Waals surface area contributed by atoms with E-state index in [4.69, 9.17) is 0 Å². The maximum Gasteiger partial charge on any atom is 0.256 e.